The Balaban J connectivity index is 3.11. The predicted molar refractivity (Wildman–Crippen MR) is 58.5 cm³/mol. The summed E-state index contributed by atoms with van der Waals surface area (Å²) in [5.74, 6) is -9.58. The molecule has 5 heteroatoms. The monoisotopic (exact) mass is 262 g/mol. The van der Waals surface area contributed by atoms with Crippen LogP contribution in [0.25, 0.3) is 0 Å². The topological polar surface area (TPSA) is 0 Å². The lowest BCUT2D eigenvalue weighted by Gasteiger charge is -2.09. The maximum atomic E-state index is 13.3. The third kappa shape index (κ3) is 2.60. The number of halogens is 5. The number of hydrogen-bond donors (Lipinski definition) is 0. The fourth-order valence-electron chi connectivity index (χ4n) is 1.36. The highest BCUT2D eigenvalue weighted by atomic mass is 19.2. The summed E-state index contributed by atoms with van der Waals surface area (Å²) in [6.45, 7) is 8.79. The van der Waals surface area contributed by atoms with Crippen LogP contribution in [-0.4, -0.2) is 0 Å². The molecular weight excluding hydrogens is 251 g/mol. The van der Waals surface area contributed by atoms with Gasteiger partial charge in [0.15, 0.2) is 23.3 Å². The molecule has 0 nitrogen and oxygen atoms in total. The zero-order chi connectivity index (χ0) is 14.0. The Morgan fingerprint density at radius 3 is 1.61 bits per heavy atom. The molecule has 0 N–H and O–H groups in total. The van der Waals surface area contributed by atoms with Gasteiger partial charge >= 0.3 is 0 Å². The minimum atomic E-state index is -2.15. The van der Waals surface area contributed by atoms with Gasteiger partial charge in [0.25, 0.3) is 0 Å². The first-order valence-corrected chi connectivity index (χ1v) is 5.11. The van der Waals surface area contributed by atoms with Crippen LogP contribution in [0.4, 0.5) is 22.0 Å². The lowest BCUT2D eigenvalue weighted by molar-refractivity contribution is 0.370. The standard InChI is InChI=1S/C13H11F5/c1-6(2)7(3)4-5-8-9(14)11(16)13(18)12(17)10(8)15/h1,3-5H2,2H3. The maximum absolute atomic E-state index is 13.3. The first kappa shape index (κ1) is 14.4. The molecule has 0 saturated heterocycles. The van der Waals surface area contributed by atoms with Crippen molar-refractivity contribution in [1.29, 1.82) is 0 Å². The third-order valence-electron chi connectivity index (χ3n) is 2.58. The Morgan fingerprint density at radius 1 is 0.833 bits per heavy atom. The van der Waals surface area contributed by atoms with Gasteiger partial charge in [-0.3, -0.25) is 0 Å². The van der Waals surface area contributed by atoms with E-state index in [9.17, 15) is 22.0 Å². The summed E-state index contributed by atoms with van der Waals surface area (Å²) in [6.07, 6.45) is -0.245. The third-order valence-corrected chi connectivity index (χ3v) is 2.58. The molecule has 0 aliphatic carbocycles. The second-order valence-corrected chi connectivity index (χ2v) is 3.93. The van der Waals surface area contributed by atoms with Crippen LogP contribution in [0.15, 0.2) is 24.3 Å². The van der Waals surface area contributed by atoms with E-state index < -0.39 is 34.6 Å². The molecule has 0 unspecified atom stereocenters. The van der Waals surface area contributed by atoms with E-state index in [0.717, 1.165) is 0 Å². The molecule has 0 aliphatic rings. The van der Waals surface area contributed by atoms with Gasteiger partial charge < -0.3 is 0 Å². The lowest BCUT2D eigenvalue weighted by Crippen LogP contribution is -2.07. The van der Waals surface area contributed by atoms with Gasteiger partial charge in [0.05, 0.1) is 0 Å². The molecule has 0 amide bonds. The van der Waals surface area contributed by atoms with Crippen molar-refractivity contribution < 1.29 is 22.0 Å². The van der Waals surface area contributed by atoms with Crippen LogP contribution in [0.3, 0.4) is 0 Å². The van der Waals surface area contributed by atoms with Gasteiger partial charge in [-0.25, -0.2) is 22.0 Å². The van der Waals surface area contributed by atoms with E-state index >= 15 is 0 Å². The van der Waals surface area contributed by atoms with E-state index in [-0.39, 0.29) is 12.8 Å². The summed E-state index contributed by atoms with van der Waals surface area (Å²) in [7, 11) is 0. The van der Waals surface area contributed by atoms with E-state index in [0.29, 0.717) is 11.1 Å². The van der Waals surface area contributed by atoms with Crippen LogP contribution in [0.5, 0.6) is 0 Å². The molecule has 0 bridgehead atoms. The summed E-state index contributed by atoms with van der Waals surface area (Å²) in [5.41, 5.74) is 0.270. The van der Waals surface area contributed by atoms with Crippen molar-refractivity contribution in [3.8, 4) is 0 Å². The van der Waals surface area contributed by atoms with Gasteiger partial charge in [0, 0.05) is 5.56 Å². The molecule has 1 rings (SSSR count). The molecular formula is C13H11F5. The summed E-state index contributed by atoms with van der Waals surface area (Å²) in [4.78, 5) is 0. The SMILES string of the molecule is C=C(C)C(=C)CCc1c(F)c(F)c(F)c(F)c1F. The van der Waals surface area contributed by atoms with Crippen LogP contribution in [0.1, 0.15) is 18.9 Å². The molecule has 0 saturated carbocycles. The smallest absolute Gasteiger partial charge is 0.200 e. The number of benzene rings is 1. The normalized spacial score (nSPS) is 10.6. The van der Waals surface area contributed by atoms with Crippen LogP contribution in [0.2, 0.25) is 0 Å². The molecule has 1 aromatic carbocycles. The minimum Gasteiger partial charge on any atom is -0.203 e. The minimum absolute atomic E-state index is 0.0771. The first-order chi connectivity index (χ1) is 8.27. The van der Waals surface area contributed by atoms with Gasteiger partial charge in [-0.15, -0.1) is 0 Å². The molecule has 0 aliphatic heterocycles. The highest BCUT2D eigenvalue weighted by molar-refractivity contribution is 5.28. The summed E-state index contributed by atoms with van der Waals surface area (Å²) in [5, 5.41) is 0. The van der Waals surface area contributed by atoms with Crippen molar-refractivity contribution in [2.75, 3.05) is 0 Å². The maximum Gasteiger partial charge on any atom is 0.200 e. The Labute approximate surface area is 101 Å². The van der Waals surface area contributed by atoms with Crippen molar-refractivity contribution in [2.24, 2.45) is 0 Å². The first-order valence-electron chi connectivity index (χ1n) is 5.11. The lowest BCUT2D eigenvalue weighted by atomic mass is 10.0. The second-order valence-electron chi connectivity index (χ2n) is 3.93. The highest BCUT2D eigenvalue weighted by Gasteiger charge is 2.25. The van der Waals surface area contributed by atoms with E-state index in [1.807, 2.05) is 0 Å². The Bertz CT molecular complexity index is 488. The van der Waals surface area contributed by atoms with Crippen molar-refractivity contribution in [3.63, 3.8) is 0 Å². The zero-order valence-electron chi connectivity index (χ0n) is 9.72. The Kier molecular flexibility index (Phi) is 4.27. The zero-order valence-corrected chi connectivity index (χ0v) is 9.72. The molecule has 18 heavy (non-hydrogen) atoms. The average molecular weight is 262 g/mol. The van der Waals surface area contributed by atoms with Crippen molar-refractivity contribution in [3.05, 3.63) is 59.0 Å². The van der Waals surface area contributed by atoms with Gasteiger partial charge in [0.2, 0.25) is 5.82 Å². The second kappa shape index (κ2) is 5.33. The molecule has 0 atom stereocenters. The summed E-state index contributed by atoms with van der Waals surface area (Å²) < 4.78 is 65.1. The molecule has 0 fully saturated rings. The van der Waals surface area contributed by atoms with E-state index in [1.165, 1.54) is 0 Å². The van der Waals surface area contributed by atoms with E-state index in [1.54, 1.807) is 6.92 Å². The molecule has 0 aromatic heterocycles. The number of allylic oxidation sites excluding steroid dienone is 2. The van der Waals surface area contributed by atoms with Crippen molar-refractivity contribution in [1.82, 2.24) is 0 Å². The summed E-state index contributed by atoms with van der Waals surface area (Å²) >= 11 is 0. The van der Waals surface area contributed by atoms with Crippen LogP contribution < -0.4 is 0 Å². The van der Waals surface area contributed by atoms with Crippen molar-refractivity contribution in [2.45, 2.75) is 19.8 Å². The van der Waals surface area contributed by atoms with Crippen LogP contribution in [0, 0.1) is 29.1 Å². The van der Waals surface area contributed by atoms with E-state index in [4.69, 9.17) is 0 Å². The van der Waals surface area contributed by atoms with E-state index in [2.05, 4.69) is 13.2 Å². The largest absolute Gasteiger partial charge is 0.203 e. The van der Waals surface area contributed by atoms with Gasteiger partial charge in [-0.05, 0) is 19.8 Å². The number of rotatable bonds is 4. The summed E-state index contributed by atoms with van der Waals surface area (Å²) in [6, 6.07) is 0. The van der Waals surface area contributed by atoms with Crippen molar-refractivity contribution >= 4 is 0 Å². The molecule has 0 radical (unpaired) electrons. The van der Waals surface area contributed by atoms with Crippen LogP contribution in [-0.2, 0) is 6.42 Å². The molecule has 0 heterocycles. The molecule has 98 valence electrons. The fourth-order valence-corrected chi connectivity index (χ4v) is 1.36. The van der Waals surface area contributed by atoms with Crippen LogP contribution >= 0.6 is 0 Å². The average Bonchev–Trinajstić information content (AvgIpc) is 2.33. The number of hydrogen-bond acceptors (Lipinski definition) is 0. The Morgan fingerprint density at radius 2 is 1.22 bits per heavy atom. The fraction of sp³-hybridized carbons (Fsp3) is 0.231. The van der Waals surface area contributed by atoms with Gasteiger partial charge in [0.1, 0.15) is 0 Å². The quantitative estimate of drug-likeness (QED) is 0.325. The molecule has 0 spiro atoms. The van der Waals surface area contributed by atoms with Gasteiger partial charge in [-0.2, -0.15) is 0 Å². The highest BCUT2D eigenvalue weighted by Crippen LogP contribution is 2.25. The molecule has 1 aromatic rings. The van der Waals surface area contributed by atoms with Gasteiger partial charge in [-0.1, -0.05) is 24.3 Å². The Hall–Kier alpha value is -1.65. The predicted octanol–water partition coefficient (Wildman–Crippen LogP) is 4.45.